The molecule has 0 amide bonds. The molecule has 1 aromatic carbocycles. The van der Waals surface area contributed by atoms with Crippen LogP contribution in [0.15, 0.2) is 22.7 Å². The van der Waals surface area contributed by atoms with Crippen molar-refractivity contribution in [3.05, 3.63) is 28.2 Å². The predicted molar refractivity (Wildman–Crippen MR) is 77.2 cm³/mol. The van der Waals surface area contributed by atoms with Crippen molar-refractivity contribution in [1.82, 2.24) is 0 Å². The second kappa shape index (κ2) is 6.22. The monoisotopic (exact) mass is 329 g/mol. The van der Waals surface area contributed by atoms with Gasteiger partial charge < -0.3 is 20.3 Å². The summed E-state index contributed by atoms with van der Waals surface area (Å²) >= 11 is 3.45. The number of rotatable bonds is 4. The van der Waals surface area contributed by atoms with Crippen LogP contribution in [0.5, 0.6) is 5.75 Å². The standard InChI is InChI=1S/C14H20BrNO3/c1-18-12-3-2-10(8-11(12)15)13(17)14(9-16)4-6-19-7-5-14/h2-3,8,13,17H,4-7,9,16H2,1H3. The molecule has 0 saturated carbocycles. The first-order chi connectivity index (χ1) is 9.13. The molecule has 4 nitrogen and oxygen atoms in total. The van der Waals surface area contributed by atoms with Gasteiger partial charge in [-0.05, 0) is 46.5 Å². The highest BCUT2D eigenvalue weighted by molar-refractivity contribution is 9.10. The Kier molecular flexibility index (Phi) is 4.84. The molecule has 106 valence electrons. The van der Waals surface area contributed by atoms with E-state index in [2.05, 4.69) is 15.9 Å². The summed E-state index contributed by atoms with van der Waals surface area (Å²) in [6.07, 6.45) is 0.992. The van der Waals surface area contributed by atoms with Gasteiger partial charge in [-0.3, -0.25) is 0 Å². The molecule has 1 atom stereocenters. The number of aliphatic hydroxyl groups is 1. The Bertz CT molecular complexity index is 433. The summed E-state index contributed by atoms with van der Waals surface area (Å²) in [6, 6.07) is 5.64. The van der Waals surface area contributed by atoms with E-state index in [1.54, 1.807) is 7.11 Å². The Labute approximate surface area is 122 Å². The maximum Gasteiger partial charge on any atom is 0.133 e. The van der Waals surface area contributed by atoms with E-state index in [-0.39, 0.29) is 5.41 Å². The number of benzene rings is 1. The zero-order valence-electron chi connectivity index (χ0n) is 11.1. The number of methoxy groups -OCH3 is 1. The van der Waals surface area contributed by atoms with Gasteiger partial charge in [-0.1, -0.05) is 6.07 Å². The lowest BCUT2D eigenvalue weighted by atomic mass is 9.73. The lowest BCUT2D eigenvalue weighted by Gasteiger charge is -2.40. The third-order valence-electron chi connectivity index (χ3n) is 3.97. The lowest BCUT2D eigenvalue weighted by Crippen LogP contribution is -2.41. The highest BCUT2D eigenvalue weighted by atomic mass is 79.9. The van der Waals surface area contributed by atoms with Crippen molar-refractivity contribution in [2.75, 3.05) is 26.9 Å². The molecule has 1 aliphatic rings. The van der Waals surface area contributed by atoms with Gasteiger partial charge in [-0.15, -0.1) is 0 Å². The van der Waals surface area contributed by atoms with Gasteiger partial charge in [0.2, 0.25) is 0 Å². The second-order valence-electron chi connectivity index (χ2n) is 4.98. The zero-order chi connectivity index (χ0) is 13.9. The SMILES string of the molecule is COc1ccc(C(O)C2(CN)CCOCC2)cc1Br. The Hall–Kier alpha value is -0.620. The minimum Gasteiger partial charge on any atom is -0.496 e. The third kappa shape index (κ3) is 2.94. The Morgan fingerprint density at radius 2 is 2.16 bits per heavy atom. The van der Waals surface area contributed by atoms with Gasteiger partial charge >= 0.3 is 0 Å². The number of hydrogen-bond acceptors (Lipinski definition) is 4. The van der Waals surface area contributed by atoms with E-state index in [0.29, 0.717) is 19.8 Å². The number of halogens is 1. The number of hydrogen-bond donors (Lipinski definition) is 2. The summed E-state index contributed by atoms with van der Waals surface area (Å²) in [5, 5.41) is 10.7. The van der Waals surface area contributed by atoms with Crippen LogP contribution >= 0.6 is 15.9 Å². The fraction of sp³-hybridized carbons (Fsp3) is 0.571. The molecule has 0 bridgehead atoms. The van der Waals surface area contributed by atoms with Crippen LogP contribution in [-0.2, 0) is 4.74 Å². The molecule has 1 unspecified atom stereocenters. The molecule has 2 rings (SSSR count). The van der Waals surface area contributed by atoms with E-state index in [1.165, 1.54) is 0 Å². The summed E-state index contributed by atoms with van der Waals surface area (Å²) in [5.41, 5.74) is 6.49. The first-order valence-electron chi connectivity index (χ1n) is 6.42. The van der Waals surface area contributed by atoms with Crippen LogP contribution in [0.2, 0.25) is 0 Å². The van der Waals surface area contributed by atoms with Crippen LogP contribution in [0.1, 0.15) is 24.5 Å². The van der Waals surface area contributed by atoms with E-state index in [0.717, 1.165) is 28.6 Å². The van der Waals surface area contributed by atoms with E-state index < -0.39 is 6.10 Å². The first-order valence-corrected chi connectivity index (χ1v) is 7.21. The van der Waals surface area contributed by atoms with Crippen molar-refractivity contribution in [3.8, 4) is 5.75 Å². The first kappa shape index (κ1) is 14.8. The van der Waals surface area contributed by atoms with Crippen LogP contribution in [0, 0.1) is 5.41 Å². The van der Waals surface area contributed by atoms with Crippen LogP contribution < -0.4 is 10.5 Å². The summed E-state index contributed by atoms with van der Waals surface area (Å²) in [5.74, 6) is 0.754. The number of nitrogens with two attached hydrogens (primary N) is 1. The minimum absolute atomic E-state index is 0.285. The Balaban J connectivity index is 2.26. The van der Waals surface area contributed by atoms with Gasteiger partial charge in [0, 0.05) is 25.2 Å². The summed E-state index contributed by atoms with van der Waals surface area (Å²) in [7, 11) is 1.62. The van der Waals surface area contributed by atoms with Gasteiger partial charge in [0.25, 0.3) is 0 Å². The van der Waals surface area contributed by atoms with Gasteiger partial charge in [0.15, 0.2) is 0 Å². The van der Waals surface area contributed by atoms with E-state index in [9.17, 15) is 5.11 Å². The summed E-state index contributed by atoms with van der Waals surface area (Å²) in [4.78, 5) is 0. The van der Waals surface area contributed by atoms with Gasteiger partial charge in [0.1, 0.15) is 5.75 Å². The smallest absolute Gasteiger partial charge is 0.133 e. The highest BCUT2D eigenvalue weighted by Crippen LogP contribution is 2.42. The van der Waals surface area contributed by atoms with Crippen LogP contribution in [0.25, 0.3) is 0 Å². The quantitative estimate of drug-likeness (QED) is 0.889. The van der Waals surface area contributed by atoms with Crippen molar-refractivity contribution >= 4 is 15.9 Å². The average molecular weight is 330 g/mol. The molecular formula is C14H20BrNO3. The largest absolute Gasteiger partial charge is 0.496 e. The van der Waals surface area contributed by atoms with Crippen LogP contribution in [0.4, 0.5) is 0 Å². The third-order valence-corrected chi connectivity index (χ3v) is 4.59. The highest BCUT2D eigenvalue weighted by Gasteiger charge is 2.39. The van der Waals surface area contributed by atoms with E-state index in [4.69, 9.17) is 15.2 Å². The normalized spacial score (nSPS) is 20.0. The van der Waals surface area contributed by atoms with E-state index >= 15 is 0 Å². The van der Waals surface area contributed by atoms with Crippen LogP contribution in [-0.4, -0.2) is 32.0 Å². The van der Waals surface area contributed by atoms with Crippen molar-refractivity contribution in [1.29, 1.82) is 0 Å². The molecule has 0 aromatic heterocycles. The zero-order valence-corrected chi connectivity index (χ0v) is 12.6. The molecule has 5 heteroatoms. The van der Waals surface area contributed by atoms with Gasteiger partial charge in [-0.2, -0.15) is 0 Å². The predicted octanol–water partition coefficient (Wildman–Crippen LogP) is 2.25. The summed E-state index contributed by atoms with van der Waals surface area (Å²) in [6.45, 7) is 1.78. The molecule has 19 heavy (non-hydrogen) atoms. The average Bonchev–Trinajstić information content (AvgIpc) is 2.47. The molecular weight excluding hydrogens is 310 g/mol. The molecule has 3 N–H and O–H groups in total. The Morgan fingerprint density at radius 3 is 2.68 bits per heavy atom. The molecule has 1 heterocycles. The topological polar surface area (TPSA) is 64.7 Å². The minimum atomic E-state index is -0.580. The molecule has 0 spiro atoms. The van der Waals surface area contributed by atoms with Crippen molar-refractivity contribution in [2.24, 2.45) is 11.1 Å². The van der Waals surface area contributed by atoms with Crippen molar-refractivity contribution in [2.45, 2.75) is 18.9 Å². The van der Waals surface area contributed by atoms with Crippen molar-refractivity contribution < 1.29 is 14.6 Å². The molecule has 1 fully saturated rings. The second-order valence-corrected chi connectivity index (χ2v) is 5.83. The lowest BCUT2D eigenvalue weighted by molar-refractivity contribution is -0.0581. The number of aliphatic hydroxyl groups excluding tert-OH is 1. The van der Waals surface area contributed by atoms with Gasteiger partial charge in [-0.25, -0.2) is 0 Å². The number of ether oxygens (including phenoxy) is 2. The van der Waals surface area contributed by atoms with Crippen molar-refractivity contribution in [3.63, 3.8) is 0 Å². The van der Waals surface area contributed by atoms with E-state index in [1.807, 2.05) is 18.2 Å². The summed E-state index contributed by atoms with van der Waals surface area (Å²) < 4.78 is 11.4. The molecule has 0 radical (unpaired) electrons. The van der Waals surface area contributed by atoms with Gasteiger partial charge in [0.05, 0.1) is 17.7 Å². The molecule has 1 saturated heterocycles. The van der Waals surface area contributed by atoms with Crippen LogP contribution in [0.3, 0.4) is 0 Å². The maximum atomic E-state index is 10.7. The fourth-order valence-electron chi connectivity index (χ4n) is 2.57. The molecule has 1 aromatic rings. The maximum absolute atomic E-state index is 10.7. The Morgan fingerprint density at radius 1 is 1.47 bits per heavy atom. The molecule has 0 aliphatic carbocycles. The fourth-order valence-corrected chi connectivity index (χ4v) is 3.13. The molecule has 1 aliphatic heterocycles.